The van der Waals surface area contributed by atoms with E-state index in [1.165, 1.54) is 23.5 Å². The summed E-state index contributed by atoms with van der Waals surface area (Å²) >= 11 is 1.23. The van der Waals surface area contributed by atoms with Gasteiger partial charge in [-0.25, -0.2) is 9.37 Å². The van der Waals surface area contributed by atoms with E-state index in [9.17, 15) is 9.18 Å². The summed E-state index contributed by atoms with van der Waals surface area (Å²) in [6.45, 7) is 0. The van der Waals surface area contributed by atoms with Crippen molar-refractivity contribution in [3.05, 3.63) is 95.6 Å². The first-order valence-electron chi connectivity index (χ1n) is 10.5. The molecule has 0 saturated heterocycles. The number of carbonyl (C=O) groups is 1. The molecule has 0 bridgehead atoms. The van der Waals surface area contributed by atoms with Crippen LogP contribution in [0.3, 0.4) is 0 Å². The van der Waals surface area contributed by atoms with E-state index in [4.69, 9.17) is 15.5 Å². The van der Waals surface area contributed by atoms with Crippen LogP contribution in [0.4, 0.5) is 15.8 Å². The number of amides is 1. The SMILES string of the molecule is COc1ccc(NC(=O)c2sc3nc(-c4ccccc4)cc(-c4ccc(F)cc4)c3c2N)cc1. The zero-order valence-corrected chi connectivity index (χ0v) is 19.0. The average molecular weight is 470 g/mol. The second-order valence-corrected chi connectivity index (χ2v) is 8.63. The Morgan fingerprint density at radius 1 is 0.971 bits per heavy atom. The van der Waals surface area contributed by atoms with E-state index in [1.54, 1.807) is 43.5 Å². The normalized spacial score (nSPS) is 10.9. The quantitative estimate of drug-likeness (QED) is 0.304. The van der Waals surface area contributed by atoms with E-state index >= 15 is 0 Å². The maximum absolute atomic E-state index is 13.6. The molecule has 0 aliphatic rings. The molecule has 0 atom stereocenters. The molecule has 0 unspecified atom stereocenters. The Hall–Kier alpha value is -4.23. The first-order valence-corrected chi connectivity index (χ1v) is 11.3. The van der Waals surface area contributed by atoms with E-state index in [0.717, 1.165) is 22.4 Å². The summed E-state index contributed by atoms with van der Waals surface area (Å²) in [5.74, 6) is 0.0492. The molecule has 7 heteroatoms. The zero-order valence-electron chi connectivity index (χ0n) is 18.2. The van der Waals surface area contributed by atoms with Crippen LogP contribution in [-0.2, 0) is 0 Å². The number of benzene rings is 3. The van der Waals surface area contributed by atoms with Crippen molar-refractivity contribution in [2.75, 3.05) is 18.2 Å². The Morgan fingerprint density at radius 3 is 2.35 bits per heavy atom. The fourth-order valence-electron chi connectivity index (χ4n) is 3.77. The predicted molar refractivity (Wildman–Crippen MR) is 136 cm³/mol. The van der Waals surface area contributed by atoms with Gasteiger partial charge >= 0.3 is 0 Å². The molecule has 0 spiro atoms. The Kier molecular flexibility index (Phi) is 5.69. The van der Waals surface area contributed by atoms with Crippen LogP contribution in [0.25, 0.3) is 32.6 Å². The van der Waals surface area contributed by atoms with Crippen molar-refractivity contribution in [1.82, 2.24) is 4.98 Å². The van der Waals surface area contributed by atoms with Crippen molar-refractivity contribution < 1.29 is 13.9 Å². The molecular weight excluding hydrogens is 449 g/mol. The lowest BCUT2D eigenvalue weighted by atomic mass is 9.99. The summed E-state index contributed by atoms with van der Waals surface area (Å²) in [4.78, 5) is 18.9. The van der Waals surface area contributed by atoms with Crippen LogP contribution in [0.5, 0.6) is 5.75 Å². The molecule has 2 heterocycles. The summed E-state index contributed by atoms with van der Waals surface area (Å²) < 4.78 is 18.8. The molecular formula is C27H20FN3O2S. The number of pyridine rings is 1. The van der Waals surface area contributed by atoms with Crippen molar-refractivity contribution in [3.8, 4) is 28.1 Å². The predicted octanol–water partition coefficient (Wildman–Crippen LogP) is 6.61. The topological polar surface area (TPSA) is 77.2 Å². The summed E-state index contributed by atoms with van der Waals surface area (Å²) in [5.41, 5.74) is 10.7. The second-order valence-electron chi connectivity index (χ2n) is 7.64. The van der Waals surface area contributed by atoms with Crippen LogP contribution >= 0.6 is 11.3 Å². The van der Waals surface area contributed by atoms with Crippen molar-refractivity contribution in [3.63, 3.8) is 0 Å². The number of hydrogen-bond donors (Lipinski definition) is 2. The fourth-order valence-corrected chi connectivity index (χ4v) is 4.78. The number of hydrogen-bond acceptors (Lipinski definition) is 5. The minimum atomic E-state index is -0.324. The molecule has 0 fully saturated rings. The third-order valence-corrected chi connectivity index (χ3v) is 6.58. The van der Waals surface area contributed by atoms with E-state index < -0.39 is 0 Å². The average Bonchev–Trinajstić information content (AvgIpc) is 3.21. The molecule has 2 aromatic heterocycles. The lowest BCUT2D eigenvalue weighted by molar-refractivity contribution is 0.103. The third kappa shape index (κ3) is 4.09. The molecule has 0 saturated carbocycles. The smallest absolute Gasteiger partial charge is 0.267 e. The van der Waals surface area contributed by atoms with Crippen molar-refractivity contribution in [2.45, 2.75) is 0 Å². The number of ether oxygens (including phenoxy) is 1. The highest BCUT2D eigenvalue weighted by atomic mass is 32.1. The lowest BCUT2D eigenvalue weighted by Crippen LogP contribution is -2.11. The van der Waals surface area contributed by atoms with E-state index in [1.807, 2.05) is 36.4 Å². The number of nitrogens with zero attached hydrogens (tertiary/aromatic N) is 1. The Morgan fingerprint density at radius 2 is 1.68 bits per heavy atom. The molecule has 1 amide bonds. The van der Waals surface area contributed by atoms with Gasteiger partial charge in [0.05, 0.1) is 18.5 Å². The molecule has 34 heavy (non-hydrogen) atoms. The highest BCUT2D eigenvalue weighted by Gasteiger charge is 2.22. The fraction of sp³-hybridized carbons (Fsp3) is 0.0370. The molecule has 5 nitrogen and oxygen atoms in total. The zero-order chi connectivity index (χ0) is 23.7. The number of nitrogens with two attached hydrogens (primary N) is 1. The first-order chi connectivity index (χ1) is 16.5. The lowest BCUT2D eigenvalue weighted by Gasteiger charge is -2.09. The highest BCUT2D eigenvalue weighted by Crippen LogP contribution is 2.41. The van der Waals surface area contributed by atoms with Gasteiger partial charge in [-0.3, -0.25) is 4.79 Å². The summed E-state index contributed by atoms with van der Waals surface area (Å²) in [6, 6.07) is 25.0. The summed E-state index contributed by atoms with van der Waals surface area (Å²) in [5, 5.41) is 3.56. The third-order valence-electron chi connectivity index (χ3n) is 5.48. The van der Waals surface area contributed by atoms with Gasteiger partial charge in [0, 0.05) is 16.6 Å². The van der Waals surface area contributed by atoms with Crippen LogP contribution in [-0.4, -0.2) is 18.0 Å². The van der Waals surface area contributed by atoms with Gasteiger partial charge in [-0.1, -0.05) is 42.5 Å². The number of anilines is 2. The van der Waals surface area contributed by atoms with Crippen molar-refractivity contribution >= 4 is 38.8 Å². The number of fused-ring (bicyclic) bond motifs is 1. The minimum absolute atomic E-state index is 0.322. The Bertz CT molecular complexity index is 1480. The number of halogens is 1. The van der Waals surface area contributed by atoms with Crippen molar-refractivity contribution in [1.29, 1.82) is 0 Å². The van der Waals surface area contributed by atoms with Gasteiger partial charge in [0.2, 0.25) is 0 Å². The standard InChI is InChI=1S/C27H20FN3O2S/c1-33-20-13-11-19(12-14-20)30-26(32)25-24(29)23-21(16-7-9-18(28)10-8-16)15-22(31-27(23)34-25)17-5-3-2-4-6-17/h2-15H,29H2,1H3,(H,30,32). The minimum Gasteiger partial charge on any atom is -0.497 e. The largest absolute Gasteiger partial charge is 0.497 e. The van der Waals surface area contributed by atoms with Crippen LogP contribution < -0.4 is 15.8 Å². The molecule has 0 aliphatic heterocycles. The maximum atomic E-state index is 13.6. The molecule has 3 aromatic carbocycles. The van der Waals surface area contributed by atoms with Crippen LogP contribution in [0, 0.1) is 5.82 Å². The van der Waals surface area contributed by atoms with Crippen LogP contribution in [0.1, 0.15) is 9.67 Å². The van der Waals surface area contributed by atoms with Gasteiger partial charge in [-0.05, 0) is 53.6 Å². The molecule has 3 N–H and O–H groups in total. The highest BCUT2D eigenvalue weighted by molar-refractivity contribution is 7.21. The van der Waals surface area contributed by atoms with Crippen LogP contribution in [0.15, 0.2) is 84.9 Å². The second kappa shape index (κ2) is 8.96. The number of nitrogens with one attached hydrogen (secondary N) is 1. The van der Waals surface area contributed by atoms with Gasteiger partial charge < -0.3 is 15.8 Å². The number of carbonyl (C=O) groups excluding carboxylic acids is 1. The number of methoxy groups -OCH3 is 1. The van der Waals surface area contributed by atoms with Gasteiger partial charge in [0.25, 0.3) is 5.91 Å². The molecule has 168 valence electrons. The van der Waals surface area contributed by atoms with Gasteiger partial charge in [-0.2, -0.15) is 0 Å². The van der Waals surface area contributed by atoms with E-state index in [0.29, 0.717) is 32.2 Å². The number of nitrogen functional groups attached to an aromatic ring is 1. The van der Waals surface area contributed by atoms with Gasteiger partial charge in [-0.15, -0.1) is 11.3 Å². The number of thiophene rings is 1. The number of aromatic nitrogens is 1. The first kappa shape index (κ1) is 21.6. The van der Waals surface area contributed by atoms with Gasteiger partial charge in [0.1, 0.15) is 21.3 Å². The Balaban J connectivity index is 1.63. The number of rotatable bonds is 5. The maximum Gasteiger partial charge on any atom is 0.267 e. The summed E-state index contributed by atoms with van der Waals surface area (Å²) in [7, 11) is 1.58. The van der Waals surface area contributed by atoms with Crippen LogP contribution in [0.2, 0.25) is 0 Å². The monoisotopic (exact) mass is 469 g/mol. The molecule has 5 rings (SSSR count). The van der Waals surface area contributed by atoms with Gasteiger partial charge in [0.15, 0.2) is 0 Å². The molecule has 0 aliphatic carbocycles. The molecule has 0 radical (unpaired) electrons. The molecule has 5 aromatic rings. The van der Waals surface area contributed by atoms with Crippen molar-refractivity contribution in [2.24, 2.45) is 0 Å². The van der Waals surface area contributed by atoms with E-state index in [2.05, 4.69) is 5.32 Å². The summed E-state index contributed by atoms with van der Waals surface area (Å²) in [6.07, 6.45) is 0. The Labute approximate surface area is 199 Å². The van der Waals surface area contributed by atoms with E-state index in [-0.39, 0.29) is 11.7 Å².